The summed E-state index contributed by atoms with van der Waals surface area (Å²) in [6.45, 7) is 0.179. The Bertz CT molecular complexity index is 988. The lowest BCUT2D eigenvalue weighted by Crippen LogP contribution is -2.42. The molecule has 0 spiro atoms. The number of furan rings is 1. The van der Waals surface area contributed by atoms with Crippen LogP contribution in [0.5, 0.6) is 11.5 Å². The predicted molar refractivity (Wildman–Crippen MR) is 107 cm³/mol. The van der Waals surface area contributed by atoms with Crippen LogP contribution >= 0.6 is 11.6 Å². The van der Waals surface area contributed by atoms with Gasteiger partial charge < -0.3 is 13.9 Å². The van der Waals surface area contributed by atoms with E-state index in [0.717, 1.165) is 0 Å². The van der Waals surface area contributed by atoms with Crippen molar-refractivity contribution < 1.29 is 23.5 Å². The van der Waals surface area contributed by atoms with Crippen LogP contribution in [0.2, 0.25) is 5.02 Å². The smallest absolute Gasteiger partial charge is 0.305 e. The highest BCUT2D eigenvalue weighted by atomic mass is 35.5. The number of hydrogen-bond acceptors (Lipinski definition) is 5. The fraction of sp³-hybridized carbons (Fsp3) is 0.143. The highest BCUT2D eigenvalue weighted by Gasteiger charge is 2.14. The molecule has 1 heterocycles. The Morgan fingerprint density at radius 1 is 1.03 bits per heavy atom. The van der Waals surface area contributed by atoms with Crippen molar-refractivity contribution >= 4 is 23.4 Å². The summed E-state index contributed by atoms with van der Waals surface area (Å²) in [6.07, 6.45) is -0.0155. The molecule has 2 N–H and O–H groups in total. The molecule has 7 nitrogen and oxygen atoms in total. The second-order valence-corrected chi connectivity index (χ2v) is 6.44. The number of ether oxygens (including phenoxy) is 2. The number of rotatable bonds is 7. The van der Waals surface area contributed by atoms with Gasteiger partial charge in [0.15, 0.2) is 5.76 Å². The van der Waals surface area contributed by atoms with Crippen molar-refractivity contribution in [2.45, 2.75) is 13.0 Å². The molecule has 1 aromatic heterocycles. The molecule has 0 bridgehead atoms. The molecule has 0 saturated carbocycles. The van der Waals surface area contributed by atoms with Gasteiger partial charge in [-0.3, -0.25) is 20.4 Å². The van der Waals surface area contributed by atoms with Crippen LogP contribution in [-0.2, 0) is 17.8 Å². The van der Waals surface area contributed by atoms with Crippen molar-refractivity contribution in [2.75, 3.05) is 7.11 Å². The van der Waals surface area contributed by atoms with E-state index in [1.165, 1.54) is 13.2 Å². The van der Waals surface area contributed by atoms with Gasteiger partial charge in [-0.2, -0.15) is 0 Å². The largest absolute Gasteiger partial charge is 0.496 e. The zero-order valence-corrected chi connectivity index (χ0v) is 16.4. The quantitative estimate of drug-likeness (QED) is 0.577. The number of carbonyl (C=O) groups is 2. The summed E-state index contributed by atoms with van der Waals surface area (Å²) in [5.74, 6) is 0.746. The van der Waals surface area contributed by atoms with E-state index in [4.69, 9.17) is 25.5 Å². The van der Waals surface area contributed by atoms with Crippen LogP contribution in [0.4, 0.5) is 0 Å². The van der Waals surface area contributed by atoms with Crippen LogP contribution in [0.1, 0.15) is 21.9 Å². The van der Waals surface area contributed by atoms with E-state index >= 15 is 0 Å². The van der Waals surface area contributed by atoms with Crippen molar-refractivity contribution in [1.82, 2.24) is 10.9 Å². The highest BCUT2D eigenvalue weighted by Crippen LogP contribution is 2.23. The lowest BCUT2D eigenvalue weighted by atomic mass is 10.1. The Morgan fingerprint density at radius 2 is 1.83 bits per heavy atom. The zero-order valence-electron chi connectivity index (χ0n) is 15.6. The minimum Gasteiger partial charge on any atom is -0.496 e. The fourth-order valence-corrected chi connectivity index (χ4v) is 2.73. The minimum absolute atomic E-state index is 0.0155. The average molecular weight is 415 g/mol. The fourth-order valence-electron chi connectivity index (χ4n) is 2.54. The van der Waals surface area contributed by atoms with Gasteiger partial charge in [0, 0.05) is 10.6 Å². The molecule has 0 fully saturated rings. The second kappa shape index (κ2) is 9.66. The topological polar surface area (TPSA) is 89.8 Å². The third-order valence-electron chi connectivity index (χ3n) is 3.92. The molecule has 8 heteroatoms. The number of halogens is 1. The first kappa shape index (κ1) is 20.3. The van der Waals surface area contributed by atoms with Crippen molar-refractivity contribution in [2.24, 2.45) is 0 Å². The summed E-state index contributed by atoms with van der Waals surface area (Å²) < 4.78 is 16.2. The third-order valence-corrected chi connectivity index (χ3v) is 4.15. The molecule has 2 amide bonds. The summed E-state index contributed by atoms with van der Waals surface area (Å²) >= 11 is 5.95. The van der Waals surface area contributed by atoms with E-state index in [2.05, 4.69) is 10.9 Å². The second-order valence-electron chi connectivity index (χ2n) is 6.00. The van der Waals surface area contributed by atoms with Crippen LogP contribution in [0.25, 0.3) is 0 Å². The Balaban J connectivity index is 1.50. The molecule has 0 aliphatic carbocycles. The van der Waals surface area contributed by atoms with Gasteiger partial charge in [0.1, 0.15) is 23.9 Å². The first-order valence-corrected chi connectivity index (χ1v) is 9.11. The Labute approximate surface area is 172 Å². The number of amides is 2. The SMILES string of the molecule is COc1ccc(Cl)cc1CC(=O)NNC(=O)c1ccc(COc2ccccc2)o1. The maximum Gasteiger partial charge on any atom is 0.305 e. The first-order chi connectivity index (χ1) is 14.0. The van der Waals surface area contributed by atoms with Crippen molar-refractivity contribution in [3.05, 3.63) is 82.8 Å². The summed E-state index contributed by atoms with van der Waals surface area (Å²) in [4.78, 5) is 24.3. The van der Waals surface area contributed by atoms with Crippen LogP contribution in [0.3, 0.4) is 0 Å². The number of carbonyl (C=O) groups excluding carboxylic acids is 2. The molecular formula is C21H19ClN2O5. The molecule has 0 aliphatic heterocycles. The summed E-state index contributed by atoms with van der Waals surface area (Å²) in [5, 5.41) is 0.485. The Hall–Kier alpha value is -3.45. The molecular weight excluding hydrogens is 396 g/mol. The maximum absolute atomic E-state index is 12.2. The van der Waals surface area contributed by atoms with Gasteiger partial charge in [0.05, 0.1) is 13.5 Å². The van der Waals surface area contributed by atoms with Crippen molar-refractivity contribution in [1.29, 1.82) is 0 Å². The number of nitrogens with one attached hydrogen (secondary N) is 2. The predicted octanol–water partition coefficient (Wildman–Crippen LogP) is 3.52. The number of para-hydroxylation sites is 1. The van der Waals surface area contributed by atoms with Crippen LogP contribution in [-0.4, -0.2) is 18.9 Å². The van der Waals surface area contributed by atoms with Gasteiger partial charge in [-0.25, -0.2) is 0 Å². The van der Waals surface area contributed by atoms with Gasteiger partial charge in [-0.1, -0.05) is 29.8 Å². The minimum atomic E-state index is -0.581. The normalized spacial score (nSPS) is 10.3. The van der Waals surface area contributed by atoms with Crippen molar-refractivity contribution in [3.8, 4) is 11.5 Å². The molecule has 3 rings (SSSR count). The van der Waals surface area contributed by atoms with Crippen LogP contribution in [0, 0.1) is 0 Å². The van der Waals surface area contributed by atoms with Gasteiger partial charge in [-0.05, 0) is 42.5 Å². The molecule has 0 radical (unpaired) electrons. The summed E-state index contributed by atoms with van der Waals surface area (Å²) in [6, 6.07) is 17.4. The Kier molecular flexibility index (Phi) is 6.76. The highest BCUT2D eigenvalue weighted by molar-refractivity contribution is 6.30. The van der Waals surface area contributed by atoms with E-state index in [9.17, 15) is 9.59 Å². The molecule has 2 aromatic carbocycles. The lowest BCUT2D eigenvalue weighted by Gasteiger charge is -2.10. The van der Waals surface area contributed by atoms with Gasteiger partial charge in [0.2, 0.25) is 5.91 Å². The Morgan fingerprint density at radius 3 is 2.59 bits per heavy atom. The zero-order chi connectivity index (χ0) is 20.6. The van der Waals surface area contributed by atoms with E-state index in [0.29, 0.717) is 27.8 Å². The van der Waals surface area contributed by atoms with E-state index in [1.807, 2.05) is 30.3 Å². The van der Waals surface area contributed by atoms with Crippen molar-refractivity contribution in [3.63, 3.8) is 0 Å². The lowest BCUT2D eigenvalue weighted by molar-refractivity contribution is -0.121. The molecule has 3 aromatic rings. The molecule has 29 heavy (non-hydrogen) atoms. The van der Waals surface area contributed by atoms with E-state index in [-0.39, 0.29) is 18.8 Å². The molecule has 0 aliphatic rings. The van der Waals surface area contributed by atoms with Crippen LogP contribution < -0.4 is 20.3 Å². The molecule has 150 valence electrons. The first-order valence-electron chi connectivity index (χ1n) is 8.73. The number of benzene rings is 2. The van der Waals surface area contributed by atoms with Crippen LogP contribution in [0.15, 0.2) is 65.1 Å². The maximum atomic E-state index is 12.2. The standard InChI is InChI=1S/C21H19ClN2O5/c1-27-18-9-7-15(22)11-14(18)12-20(25)23-24-21(26)19-10-8-17(29-19)13-28-16-5-3-2-4-6-16/h2-11H,12-13H2,1H3,(H,23,25)(H,24,26). The molecule has 0 unspecified atom stereocenters. The number of methoxy groups -OCH3 is 1. The number of hydrazine groups is 1. The number of hydrogen-bond donors (Lipinski definition) is 2. The van der Waals surface area contributed by atoms with Gasteiger partial charge in [-0.15, -0.1) is 0 Å². The van der Waals surface area contributed by atoms with Gasteiger partial charge >= 0.3 is 5.91 Å². The average Bonchev–Trinajstić information content (AvgIpc) is 3.21. The molecule has 0 saturated heterocycles. The summed E-state index contributed by atoms with van der Waals surface area (Å²) in [5.41, 5.74) is 5.25. The van der Waals surface area contributed by atoms with Gasteiger partial charge in [0.25, 0.3) is 0 Å². The molecule has 0 atom stereocenters. The summed E-state index contributed by atoms with van der Waals surface area (Å²) in [7, 11) is 1.50. The monoisotopic (exact) mass is 414 g/mol. The van der Waals surface area contributed by atoms with E-state index in [1.54, 1.807) is 24.3 Å². The van der Waals surface area contributed by atoms with E-state index < -0.39 is 11.8 Å². The third kappa shape index (κ3) is 5.76.